The Bertz CT molecular complexity index is 936. The van der Waals surface area contributed by atoms with Crippen molar-refractivity contribution in [3.63, 3.8) is 0 Å². The molecule has 5 N–H and O–H groups in total. The minimum Gasteiger partial charge on any atom is -0.477 e. The summed E-state index contributed by atoms with van der Waals surface area (Å²) in [7, 11) is 0. The van der Waals surface area contributed by atoms with Crippen LogP contribution in [0.1, 0.15) is 11.6 Å². The highest BCUT2D eigenvalue weighted by molar-refractivity contribution is 8.14. The van der Waals surface area contributed by atoms with Gasteiger partial charge >= 0.3 is 5.97 Å². The third-order valence-corrected chi connectivity index (χ3v) is 7.39. The zero-order chi connectivity index (χ0) is 21.3. The Balaban J connectivity index is 1.44. The minimum absolute atomic E-state index is 0.00713. The molecule has 30 heavy (non-hydrogen) atoms. The molecule has 3 atom stereocenters. The average Bonchev–Trinajstić information content (AvgIpc) is 3.28. The number of β-lactam (4-membered cyclic amide) rings is 1. The number of rotatable bonds is 6. The second-order valence-electron chi connectivity index (χ2n) is 6.94. The van der Waals surface area contributed by atoms with Crippen LogP contribution >= 0.6 is 23.5 Å². The van der Waals surface area contributed by atoms with Gasteiger partial charge in [0.05, 0.1) is 6.54 Å². The van der Waals surface area contributed by atoms with Gasteiger partial charge in [-0.3, -0.25) is 19.5 Å². The van der Waals surface area contributed by atoms with Crippen molar-refractivity contribution in [2.24, 2.45) is 10.7 Å². The summed E-state index contributed by atoms with van der Waals surface area (Å²) in [6.45, 7) is 1.49. The van der Waals surface area contributed by atoms with Crippen LogP contribution in [-0.2, 0) is 14.4 Å². The lowest BCUT2D eigenvalue weighted by atomic mass is 10.0. The first-order valence-electron chi connectivity index (χ1n) is 9.39. The van der Waals surface area contributed by atoms with E-state index in [0.717, 1.165) is 11.7 Å². The molecule has 3 aliphatic heterocycles. The molecule has 1 fully saturated rings. The molecular weight excluding hydrogens is 426 g/mol. The first kappa shape index (κ1) is 20.8. The highest BCUT2D eigenvalue weighted by Gasteiger charge is 2.54. The number of aliphatic carboxylic acids is 1. The molecule has 0 bridgehead atoms. The van der Waals surface area contributed by atoms with Gasteiger partial charge in [0.15, 0.2) is 5.17 Å². The Labute approximate surface area is 181 Å². The average molecular weight is 448 g/mol. The number of aliphatic imine (C=N–C) groups is 1. The molecule has 0 aromatic heterocycles. The molecule has 3 heterocycles. The molecule has 0 aliphatic carbocycles. The van der Waals surface area contributed by atoms with Crippen LogP contribution in [0.5, 0.6) is 0 Å². The van der Waals surface area contributed by atoms with Gasteiger partial charge in [-0.15, -0.1) is 11.8 Å². The number of carboxylic acids is 1. The molecule has 9 nitrogen and oxygen atoms in total. The molecule has 1 saturated heterocycles. The largest absolute Gasteiger partial charge is 0.477 e. The van der Waals surface area contributed by atoms with Crippen molar-refractivity contribution < 1.29 is 19.5 Å². The van der Waals surface area contributed by atoms with E-state index in [2.05, 4.69) is 15.6 Å². The Kier molecular flexibility index (Phi) is 6.02. The molecule has 2 unspecified atom stereocenters. The van der Waals surface area contributed by atoms with Crippen molar-refractivity contribution in [1.82, 2.24) is 15.5 Å². The number of carboxylic acid groups (broad SMARTS) is 1. The summed E-state index contributed by atoms with van der Waals surface area (Å²) in [5, 5.41) is 15.9. The van der Waals surface area contributed by atoms with E-state index in [4.69, 9.17) is 5.73 Å². The number of hydrogen-bond donors (Lipinski definition) is 4. The number of amidine groups is 1. The molecule has 0 spiro atoms. The number of carbonyl (C=O) groups is 3. The van der Waals surface area contributed by atoms with Gasteiger partial charge in [-0.1, -0.05) is 42.1 Å². The van der Waals surface area contributed by atoms with Crippen LogP contribution in [0.4, 0.5) is 0 Å². The number of nitrogens with zero attached hydrogens (tertiary/aromatic N) is 2. The Morgan fingerprint density at radius 2 is 2.17 bits per heavy atom. The lowest BCUT2D eigenvalue weighted by molar-refractivity contribution is -0.150. The quantitative estimate of drug-likeness (QED) is 0.451. The number of nitrogens with one attached hydrogen (secondary N) is 2. The van der Waals surface area contributed by atoms with Gasteiger partial charge in [-0.05, 0) is 11.1 Å². The Morgan fingerprint density at radius 1 is 1.40 bits per heavy atom. The number of thioether (sulfide) groups is 2. The first-order chi connectivity index (χ1) is 14.5. The topological polar surface area (TPSA) is 137 Å². The van der Waals surface area contributed by atoms with Crippen molar-refractivity contribution >= 4 is 46.5 Å². The minimum atomic E-state index is -1.14. The SMILES string of the molecule is NC(C(=O)NC1C(=O)N2C(C(=O)O)=C(CSC3=NCCN3)CS[C@@H]12)c1ccccc1. The normalized spacial score (nSPS) is 23.8. The van der Waals surface area contributed by atoms with E-state index < -0.39 is 35.2 Å². The number of carbonyl (C=O) groups excluding carboxylic acids is 2. The molecular formula is C19H21N5O4S2. The number of hydrogen-bond acceptors (Lipinski definition) is 8. The van der Waals surface area contributed by atoms with Gasteiger partial charge in [0.1, 0.15) is 23.2 Å². The van der Waals surface area contributed by atoms with Crippen LogP contribution in [0.2, 0.25) is 0 Å². The molecule has 3 aliphatic rings. The highest BCUT2D eigenvalue weighted by atomic mass is 32.2. The third kappa shape index (κ3) is 3.92. The van der Waals surface area contributed by atoms with Crippen LogP contribution < -0.4 is 16.4 Å². The number of benzene rings is 1. The first-order valence-corrected chi connectivity index (χ1v) is 11.4. The van der Waals surface area contributed by atoms with Gasteiger partial charge in [0, 0.05) is 18.1 Å². The van der Waals surface area contributed by atoms with Crippen LogP contribution in [0.25, 0.3) is 0 Å². The number of nitrogens with two attached hydrogens (primary N) is 1. The van der Waals surface area contributed by atoms with E-state index in [9.17, 15) is 19.5 Å². The summed E-state index contributed by atoms with van der Waals surface area (Å²) >= 11 is 2.87. The predicted octanol–water partition coefficient (Wildman–Crippen LogP) is 0.117. The van der Waals surface area contributed by atoms with Crippen molar-refractivity contribution in [3.05, 3.63) is 47.2 Å². The molecule has 1 aromatic rings. The van der Waals surface area contributed by atoms with Gasteiger partial charge in [-0.2, -0.15) is 0 Å². The van der Waals surface area contributed by atoms with Crippen LogP contribution in [0, 0.1) is 0 Å². The van der Waals surface area contributed by atoms with Gasteiger partial charge in [0.2, 0.25) is 5.91 Å². The molecule has 4 rings (SSSR count). The van der Waals surface area contributed by atoms with Crippen molar-refractivity contribution in [3.8, 4) is 0 Å². The molecule has 1 aromatic carbocycles. The van der Waals surface area contributed by atoms with Gasteiger partial charge < -0.3 is 21.5 Å². The fourth-order valence-electron chi connectivity index (χ4n) is 3.48. The lowest BCUT2D eigenvalue weighted by Gasteiger charge is -2.49. The van der Waals surface area contributed by atoms with E-state index >= 15 is 0 Å². The van der Waals surface area contributed by atoms with Gasteiger partial charge in [0.25, 0.3) is 5.91 Å². The molecule has 0 radical (unpaired) electrons. The second-order valence-corrected chi connectivity index (χ2v) is 9.01. The Hall–Kier alpha value is -2.50. The zero-order valence-electron chi connectivity index (χ0n) is 15.9. The van der Waals surface area contributed by atoms with Crippen molar-refractivity contribution in [2.45, 2.75) is 17.5 Å². The second kappa shape index (κ2) is 8.70. The fraction of sp³-hybridized carbons (Fsp3) is 0.368. The summed E-state index contributed by atoms with van der Waals surface area (Å²) in [5.74, 6) is -1.14. The Morgan fingerprint density at radius 3 is 2.83 bits per heavy atom. The predicted molar refractivity (Wildman–Crippen MR) is 116 cm³/mol. The summed E-state index contributed by atoms with van der Waals surface area (Å²) < 4.78 is 0. The standard InChI is InChI=1S/C19H21N5O4S2/c20-12(10-4-2-1-3-5-10)15(25)23-13-16(26)24-14(18(27)28)11(8-29-17(13)24)9-30-19-21-6-7-22-19/h1-5,12-13,17H,6-9,20H2,(H,21,22)(H,23,25)(H,27,28)/t12?,13?,17-/m0/s1. The van der Waals surface area contributed by atoms with Crippen LogP contribution in [0.3, 0.4) is 0 Å². The number of fused-ring (bicyclic) bond motifs is 1. The summed E-state index contributed by atoms with van der Waals surface area (Å²) in [4.78, 5) is 42.7. The van der Waals surface area contributed by atoms with Crippen molar-refractivity contribution in [2.75, 3.05) is 24.6 Å². The summed E-state index contributed by atoms with van der Waals surface area (Å²) in [5.41, 5.74) is 7.33. The molecule has 0 saturated carbocycles. The lowest BCUT2D eigenvalue weighted by Crippen LogP contribution is -2.71. The number of amides is 2. The van der Waals surface area contributed by atoms with E-state index in [0.29, 0.717) is 29.2 Å². The summed E-state index contributed by atoms with van der Waals surface area (Å²) in [6.07, 6.45) is 0. The molecule has 11 heteroatoms. The van der Waals surface area contributed by atoms with E-state index in [1.807, 2.05) is 6.07 Å². The molecule has 2 amide bonds. The maximum Gasteiger partial charge on any atom is 0.352 e. The monoisotopic (exact) mass is 447 g/mol. The maximum atomic E-state index is 12.7. The zero-order valence-corrected chi connectivity index (χ0v) is 17.5. The molecule has 158 valence electrons. The van der Waals surface area contributed by atoms with Crippen LogP contribution in [0.15, 0.2) is 46.6 Å². The van der Waals surface area contributed by atoms with Crippen LogP contribution in [-0.4, -0.2) is 69.0 Å². The maximum absolute atomic E-state index is 12.7. The van der Waals surface area contributed by atoms with E-state index in [1.54, 1.807) is 24.3 Å². The third-order valence-electron chi connectivity index (χ3n) is 5.02. The van der Waals surface area contributed by atoms with Gasteiger partial charge in [-0.25, -0.2) is 4.79 Å². The smallest absolute Gasteiger partial charge is 0.352 e. The van der Waals surface area contributed by atoms with Crippen molar-refractivity contribution in [1.29, 1.82) is 0 Å². The van der Waals surface area contributed by atoms with E-state index in [1.165, 1.54) is 28.4 Å². The fourth-order valence-corrected chi connectivity index (χ4v) is 5.89. The summed E-state index contributed by atoms with van der Waals surface area (Å²) in [6, 6.07) is 7.19. The van der Waals surface area contributed by atoms with E-state index in [-0.39, 0.29) is 5.70 Å². The highest BCUT2D eigenvalue weighted by Crippen LogP contribution is 2.41.